The number of para-hydroxylation sites is 1. The van der Waals surface area contributed by atoms with Crippen LogP contribution in [0.5, 0.6) is 17.2 Å². The van der Waals surface area contributed by atoms with E-state index in [0.717, 1.165) is 10.9 Å². The van der Waals surface area contributed by atoms with Gasteiger partial charge in [0, 0.05) is 11.6 Å². The van der Waals surface area contributed by atoms with Gasteiger partial charge >= 0.3 is 10.1 Å². The molecule has 1 amide bonds. The molecule has 0 bridgehead atoms. The van der Waals surface area contributed by atoms with Gasteiger partial charge in [-0.3, -0.25) is 9.78 Å². The molecule has 184 valence electrons. The Morgan fingerprint density at radius 2 is 1.78 bits per heavy atom. The Labute approximate surface area is 208 Å². The van der Waals surface area contributed by atoms with Crippen molar-refractivity contribution in [2.45, 2.75) is 11.8 Å². The third-order valence-corrected chi connectivity index (χ3v) is 6.30. The number of hydrogen-bond donors (Lipinski definition) is 1. The van der Waals surface area contributed by atoms with Crippen molar-refractivity contribution in [3.63, 3.8) is 0 Å². The molecule has 10 heteroatoms. The lowest BCUT2D eigenvalue weighted by atomic mass is 10.2. The molecule has 1 N–H and O–H groups in total. The molecule has 1 heterocycles. The molecule has 0 atom stereocenters. The molecule has 0 unspecified atom stereocenters. The molecule has 1 aromatic heterocycles. The number of nitrogens with one attached hydrogen (secondary N) is 1. The van der Waals surface area contributed by atoms with Gasteiger partial charge in [0.25, 0.3) is 5.91 Å². The Kier molecular flexibility index (Phi) is 7.45. The van der Waals surface area contributed by atoms with E-state index in [4.69, 9.17) is 13.7 Å². The highest BCUT2D eigenvalue weighted by molar-refractivity contribution is 7.87. The predicted octanol–water partition coefficient (Wildman–Crippen LogP) is 3.85. The van der Waals surface area contributed by atoms with Crippen LogP contribution in [-0.4, -0.2) is 39.2 Å². The predicted molar refractivity (Wildman–Crippen MR) is 135 cm³/mol. The number of methoxy groups -OCH3 is 1. The lowest BCUT2D eigenvalue weighted by Crippen LogP contribution is -2.24. The minimum atomic E-state index is -4.04. The molecule has 0 radical (unpaired) electrons. The van der Waals surface area contributed by atoms with Crippen molar-refractivity contribution in [3.05, 3.63) is 90.1 Å². The number of hydrazone groups is 1. The number of carbonyl (C=O) groups excluding carboxylic acids is 1. The zero-order chi connectivity index (χ0) is 25.5. The second-order valence-corrected chi connectivity index (χ2v) is 9.22. The van der Waals surface area contributed by atoms with Crippen LogP contribution in [0.15, 0.2) is 89.0 Å². The zero-order valence-electron chi connectivity index (χ0n) is 19.5. The molecule has 0 aliphatic carbocycles. The molecule has 0 spiro atoms. The molecule has 0 aliphatic rings. The van der Waals surface area contributed by atoms with Crippen LogP contribution in [0.2, 0.25) is 0 Å². The summed E-state index contributed by atoms with van der Waals surface area (Å²) in [7, 11) is -2.64. The number of fused-ring (bicyclic) bond motifs is 1. The Morgan fingerprint density at radius 3 is 2.56 bits per heavy atom. The maximum absolute atomic E-state index is 12.6. The van der Waals surface area contributed by atoms with Gasteiger partial charge in [0.05, 0.1) is 13.3 Å². The molecule has 0 fully saturated rings. The van der Waals surface area contributed by atoms with Crippen molar-refractivity contribution in [2.24, 2.45) is 5.10 Å². The van der Waals surface area contributed by atoms with Crippen molar-refractivity contribution in [3.8, 4) is 17.2 Å². The second kappa shape index (κ2) is 10.9. The quantitative estimate of drug-likeness (QED) is 0.209. The Hall–Kier alpha value is -4.44. The molecule has 0 aliphatic heterocycles. The number of pyridine rings is 1. The Balaban J connectivity index is 1.37. The first-order valence-electron chi connectivity index (χ1n) is 10.8. The van der Waals surface area contributed by atoms with Crippen LogP contribution >= 0.6 is 0 Å². The molecule has 36 heavy (non-hydrogen) atoms. The maximum atomic E-state index is 12.6. The SMILES string of the molecule is COc1cc(/C=N\NC(=O)COc2cccc3cccnc23)ccc1OS(=O)(=O)c1ccc(C)cc1. The number of nitrogens with zero attached hydrogens (tertiary/aromatic N) is 2. The summed E-state index contributed by atoms with van der Waals surface area (Å²) in [6.45, 7) is 1.61. The van der Waals surface area contributed by atoms with Crippen molar-refractivity contribution in [2.75, 3.05) is 13.7 Å². The van der Waals surface area contributed by atoms with Crippen molar-refractivity contribution in [1.29, 1.82) is 0 Å². The first kappa shape index (κ1) is 24.7. The van der Waals surface area contributed by atoms with Crippen LogP contribution in [0, 0.1) is 6.92 Å². The van der Waals surface area contributed by atoms with Crippen LogP contribution < -0.4 is 19.1 Å². The minimum Gasteiger partial charge on any atom is -0.493 e. The summed E-state index contributed by atoms with van der Waals surface area (Å²) in [6, 6.07) is 20.1. The zero-order valence-corrected chi connectivity index (χ0v) is 20.4. The van der Waals surface area contributed by atoms with Crippen LogP contribution in [0.25, 0.3) is 10.9 Å². The minimum absolute atomic E-state index is 0.0244. The fourth-order valence-corrected chi connectivity index (χ4v) is 4.19. The highest BCUT2D eigenvalue weighted by Gasteiger charge is 2.19. The lowest BCUT2D eigenvalue weighted by molar-refractivity contribution is -0.123. The standard InChI is InChI=1S/C26H23N3O6S/c1-18-8-11-21(12-9-18)36(31,32)35-22-13-10-19(15-24(22)33-2)16-28-29-25(30)17-34-23-7-3-5-20-6-4-14-27-26(20)23/h3-16H,17H2,1-2H3,(H,29,30)/b28-16-. The molecular weight excluding hydrogens is 482 g/mol. The largest absolute Gasteiger partial charge is 0.493 e. The average Bonchev–Trinajstić information content (AvgIpc) is 2.88. The maximum Gasteiger partial charge on any atom is 0.339 e. The van der Waals surface area contributed by atoms with Crippen LogP contribution in [0.3, 0.4) is 0 Å². The topological polar surface area (TPSA) is 116 Å². The van der Waals surface area contributed by atoms with E-state index in [1.165, 1.54) is 37.6 Å². The summed E-state index contributed by atoms with van der Waals surface area (Å²) in [5.74, 6) is 0.243. The summed E-state index contributed by atoms with van der Waals surface area (Å²) in [4.78, 5) is 16.5. The highest BCUT2D eigenvalue weighted by atomic mass is 32.2. The molecule has 9 nitrogen and oxygen atoms in total. The first-order chi connectivity index (χ1) is 17.4. The van der Waals surface area contributed by atoms with E-state index >= 15 is 0 Å². The number of hydrogen-bond acceptors (Lipinski definition) is 8. The van der Waals surface area contributed by atoms with E-state index < -0.39 is 16.0 Å². The van der Waals surface area contributed by atoms with Gasteiger partial charge in [-0.15, -0.1) is 0 Å². The summed E-state index contributed by atoms with van der Waals surface area (Å²) in [5.41, 5.74) is 4.52. The summed E-state index contributed by atoms with van der Waals surface area (Å²) in [6.07, 6.45) is 3.04. The van der Waals surface area contributed by atoms with Crippen molar-refractivity contribution in [1.82, 2.24) is 10.4 Å². The fourth-order valence-electron chi connectivity index (χ4n) is 3.25. The third kappa shape index (κ3) is 5.97. The van der Waals surface area contributed by atoms with E-state index in [2.05, 4.69) is 15.5 Å². The lowest BCUT2D eigenvalue weighted by Gasteiger charge is -2.11. The van der Waals surface area contributed by atoms with Gasteiger partial charge in [-0.05, 0) is 55.0 Å². The molecule has 3 aromatic carbocycles. The first-order valence-corrected chi connectivity index (χ1v) is 12.2. The van der Waals surface area contributed by atoms with Gasteiger partial charge in [-0.1, -0.05) is 35.9 Å². The van der Waals surface area contributed by atoms with Gasteiger partial charge in [0.2, 0.25) is 0 Å². The fraction of sp³-hybridized carbons (Fsp3) is 0.115. The number of rotatable bonds is 9. The molecule has 0 saturated carbocycles. The molecule has 4 rings (SSSR count). The van der Waals surface area contributed by atoms with E-state index in [1.807, 2.05) is 31.2 Å². The number of benzene rings is 3. The summed E-state index contributed by atoms with van der Waals surface area (Å²) < 4.78 is 41.3. The van der Waals surface area contributed by atoms with Crippen molar-refractivity contribution >= 4 is 33.1 Å². The second-order valence-electron chi connectivity index (χ2n) is 7.67. The number of carbonyl (C=O) groups is 1. The smallest absolute Gasteiger partial charge is 0.339 e. The average molecular weight is 506 g/mol. The number of aryl methyl sites for hydroxylation is 1. The monoisotopic (exact) mass is 505 g/mol. The van der Waals surface area contributed by atoms with Gasteiger partial charge in [0.15, 0.2) is 18.1 Å². The Morgan fingerprint density at radius 1 is 1.00 bits per heavy atom. The molecular formula is C26H23N3O6S. The van der Waals surface area contributed by atoms with Gasteiger partial charge in [-0.25, -0.2) is 5.43 Å². The van der Waals surface area contributed by atoms with Crippen LogP contribution in [0.4, 0.5) is 0 Å². The van der Waals surface area contributed by atoms with E-state index in [9.17, 15) is 13.2 Å². The molecule has 4 aromatic rings. The van der Waals surface area contributed by atoms with Gasteiger partial charge in [0.1, 0.15) is 16.2 Å². The van der Waals surface area contributed by atoms with Gasteiger partial charge in [-0.2, -0.15) is 13.5 Å². The molecule has 0 saturated heterocycles. The number of aromatic nitrogens is 1. The third-order valence-electron chi connectivity index (χ3n) is 5.05. The van der Waals surface area contributed by atoms with E-state index in [-0.39, 0.29) is 23.0 Å². The Bertz CT molecular complexity index is 1510. The van der Waals surface area contributed by atoms with Crippen LogP contribution in [0.1, 0.15) is 11.1 Å². The highest BCUT2D eigenvalue weighted by Crippen LogP contribution is 2.30. The summed E-state index contributed by atoms with van der Waals surface area (Å²) in [5, 5.41) is 4.82. The van der Waals surface area contributed by atoms with Crippen molar-refractivity contribution < 1.29 is 26.9 Å². The normalized spacial score (nSPS) is 11.4. The number of ether oxygens (including phenoxy) is 2. The van der Waals surface area contributed by atoms with E-state index in [0.29, 0.717) is 16.8 Å². The number of amides is 1. The van der Waals surface area contributed by atoms with Crippen LogP contribution in [-0.2, 0) is 14.9 Å². The van der Waals surface area contributed by atoms with E-state index in [1.54, 1.807) is 30.5 Å². The van der Waals surface area contributed by atoms with Gasteiger partial charge < -0.3 is 13.7 Å². The summed E-state index contributed by atoms with van der Waals surface area (Å²) >= 11 is 0.